The van der Waals surface area contributed by atoms with E-state index in [-0.39, 0.29) is 0 Å². The average Bonchev–Trinajstić information content (AvgIpc) is 2.41. The molecule has 0 bridgehead atoms. The molecular weight excluding hydrogens is 224 g/mol. The predicted molar refractivity (Wildman–Crippen MR) is 74.2 cm³/mol. The standard InChI is InChI=1S/C15H18N2O/c1-12-7-8-15(17-11-12)16-10-9-13-5-3-4-6-14(13)18-2/h3-8,11H,9-10H2,1-2H3,(H,16,17). The van der Waals surface area contributed by atoms with E-state index in [1.165, 1.54) is 11.1 Å². The van der Waals surface area contributed by atoms with E-state index in [2.05, 4.69) is 22.4 Å². The Labute approximate surface area is 108 Å². The van der Waals surface area contributed by atoms with E-state index in [4.69, 9.17) is 4.74 Å². The summed E-state index contributed by atoms with van der Waals surface area (Å²) in [5, 5.41) is 3.30. The summed E-state index contributed by atoms with van der Waals surface area (Å²) in [6, 6.07) is 12.1. The molecule has 1 aromatic heterocycles. The number of hydrogen-bond donors (Lipinski definition) is 1. The molecule has 0 saturated carbocycles. The van der Waals surface area contributed by atoms with E-state index < -0.39 is 0 Å². The highest BCUT2D eigenvalue weighted by Gasteiger charge is 2.01. The third kappa shape index (κ3) is 3.23. The Hall–Kier alpha value is -2.03. The van der Waals surface area contributed by atoms with Crippen molar-refractivity contribution in [1.29, 1.82) is 0 Å². The van der Waals surface area contributed by atoms with Crippen LogP contribution >= 0.6 is 0 Å². The summed E-state index contributed by atoms with van der Waals surface area (Å²) in [4.78, 5) is 4.31. The van der Waals surface area contributed by atoms with Gasteiger partial charge in [-0.15, -0.1) is 0 Å². The maximum atomic E-state index is 5.32. The van der Waals surface area contributed by atoms with E-state index in [1.54, 1.807) is 7.11 Å². The molecule has 0 fully saturated rings. The van der Waals surface area contributed by atoms with Gasteiger partial charge in [0.15, 0.2) is 0 Å². The molecule has 3 heteroatoms. The van der Waals surface area contributed by atoms with Crippen LogP contribution in [-0.4, -0.2) is 18.6 Å². The van der Waals surface area contributed by atoms with Crippen LogP contribution in [0.15, 0.2) is 42.6 Å². The molecule has 1 aromatic carbocycles. The van der Waals surface area contributed by atoms with Gasteiger partial charge in [-0.3, -0.25) is 0 Å². The molecule has 1 N–H and O–H groups in total. The van der Waals surface area contributed by atoms with Gasteiger partial charge in [0.05, 0.1) is 7.11 Å². The third-order valence-corrected chi connectivity index (χ3v) is 2.80. The Bertz CT molecular complexity index is 494. The lowest BCUT2D eigenvalue weighted by atomic mass is 10.1. The molecule has 18 heavy (non-hydrogen) atoms. The fourth-order valence-corrected chi connectivity index (χ4v) is 1.81. The van der Waals surface area contributed by atoms with Gasteiger partial charge < -0.3 is 10.1 Å². The lowest BCUT2D eigenvalue weighted by Crippen LogP contribution is -2.07. The van der Waals surface area contributed by atoms with Gasteiger partial charge >= 0.3 is 0 Å². The quantitative estimate of drug-likeness (QED) is 0.875. The minimum Gasteiger partial charge on any atom is -0.496 e. The molecule has 94 valence electrons. The predicted octanol–water partition coefficient (Wildman–Crippen LogP) is 3.05. The van der Waals surface area contributed by atoms with Gasteiger partial charge in [-0.25, -0.2) is 4.98 Å². The van der Waals surface area contributed by atoms with E-state index >= 15 is 0 Å². The van der Waals surface area contributed by atoms with Crippen molar-refractivity contribution < 1.29 is 4.74 Å². The number of ether oxygens (including phenoxy) is 1. The Morgan fingerprint density at radius 2 is 2.00 bits per heavy atom. The lowest BCUT2D eigenvalue weighted by molar-refractivity contribution is 0.410. The topological polar surface area (TPSA) is 34.1 Å². The Kier molecular flexibility index (Phi) is 4.18. The smallest absolute Gasteiger partial charge is 0.125 e. The summed E-state index contributed by atoms with van der Waals surface area (Å²) in [7, 11) is 1.70. The number of pyridine rings is 1. The molecule has 0 radical (unpaired) electrons. The van der Waals surface area contributed by atoms with Crippen molar-refractivity contribution in [3.05, 3.63) is 53.7 Å². The number of hydrogen-bond acceptors (Lipinski definition) is 3. The number of nitrogens with zero attached hydrogens (tertiary/aromatic N) is 1. The normalized spacial score (nSPS) is 10.1. The first-order valence-corrected chi connectivity index (χ1v) is 6.08. The summed E-state index contributed by atoms with van der Waals surface area (Å²) in [5.74, 6) is 1.85. The second-order valence-corrected chi connectivity index (χ2v) is 4.21. The van der Waals surface area contributed by atoms with Crippen LogP contribution in [0.2, 0.25) is 0 Å². The Morgan fingerprint density at radius 3 is 2.72 bits per heavy atom. The van der Waals surface area contributed by atoms with Crippen molar-refractivity contribution in [2.24, 2.45) is 0 Å². The first kappa shape index (κ1) is 12.4. The minimum absolute atomic E-state index is 0.844. The van der Waals surface area contributed by atoms with Gasteiger partial charge in [-0.05, 0) is 36.6 Å². The second kappa shape index (κ2) is 6.05. The lowest BCUT2D eigenvalue weighted by Gasteiger charge is -2.09. The maximum absolute atomic E-state index is 5.32. The molecular formula is C15H18N2O. The fraction of sp³-hybridized carbons (Fsp3) is 0.267. The Morgan fingerprint density at radius 1 is 1.17 bits per heavy atom. The Balaban J connectivity index is 1.90. The summed E-state index contributed by atoms with van der Waals surface area (Å²) >= 11 is 0. The second-order valence-electron chi connectivity index (χ2n) is 4.21. The van der Waals surface area contributed by atoms with Crippen molar-refractivity contribution in [2.75, 3.05) is 19.0 Å². The van der Waals surface area contributed by atoms with Gasteiger partial charge in [0.25, 0.3) is 0 Å². The zero-order valence-electron chi connectivity index (χ0n) is 10.8. The molecule has 0 atom stereocenters. The number of aromatic nitrogens is 1. The first-order chi connectivity index (χ1) is 8.79. The fourth-order valence-electron chi connectivity index (χ4n) is 1.81. The summed E-state index contributed by atoms with van der Waals surface area (Å²) in [6.07, 6.45) is 2.78. The molecule has 3 nitrogen and oxygen atoms in total. The van der Waals surface area contributed by atoms with Gasteiger partial charge in [-0.1, -0.05) is 24.3 Å². The molecule has 0 unspecified atom stereocenters. The van der Waals surface area contributed by atoms with Crippen molar-refractivity contribution in [3.8, 4) is 5.75 Å². The maximum Gasteiger partial charge on any atom is 0.125 e. The monoisotopic (exact) mass is 242 g/mol. The van der Waals surface area contributed by atoms with Crippen molar-refractivity contribution in [3.63, 3.8) is 0 Å². The zero-order valence-corrected chi connectivity index (χ0v) is 10.8. The molecule has 0 aliphatic heterocycles. The van der Waals surface area contributed by atoms with Gasteiger partial charge in [0, 0.05) is 12.7 Å². The van der Waals surface area contributed by atoms with Crippen LogP contribution in [-0.2, 0) is 6.42 Å². The highest BCUT2D eigenvalue weighted by molar-refractivity contribution is 5.37. The van der Waals surface area contributed by atoms with Crippen LogP contribution in [0.5, 0.6) is 5.75 Å². The van der Waals surface area contributed by atoms with Gasteiger partial charge in [-0.2, -0.15) is 0 Å². The van der Waals surface area contributed by atoms with Gasteiger partial charge in [0.1, 0.15) is 11.6 Å². The average molecular weight is 242 g/mol. The molecule has 0 aliphatic carbocycles. The van der Waals surface area contributed by atoms with Crippen LogP contribution in [0.4, 0.5) is 5.82 Å². The van der Waals surface area contributed by atoms with E-state index in [1.807, 2.05) is 37.4 Å². The molecule has 0 saturated heterocycles. The van der Waals surface area contributed by atoms with Crippen molar-refractivity contribution in [2.45, 2.75) is 13.3 Å². The van der Waals surface area contributed by atoms with Crippen LogP contribution in [0.1, 0.15) is 11.1 Å². The number of methoxy groups -OCH3 is 1. The summed E-state index contributed by atoms with van der Waals surface area (Å²) in [5.41, 5.74) is 2.38. The molecule has 2 aromatic rings. The zero-order chi connectivity index (χ0) is 12.8. The number of aryl methyl sites for hydroxylation is 1. The highest BCUT2D eigenvalue weighted by Crippen LogP contribution is 2.17. The van der Waals surface area contributed by atoms with E-state index in [0.29, 0.717) is 0 Å². The summed E-state index contributed by atoms with van der Waals surface area (Å²) in [6.45, 7) is 2.88. The number of rotatable bonds is 5. The summed E-state index contributed by atoms with van der Waals surface area (Å²) < 4.78 is 5.32. The van der Waals surface area contributed by atoms with Gasteiger partial charge in [0.2, 0.25) is 0 Å². The number of anilines is 1. The van der Waals surface area contributed by atoms with Crippen LogP contribution in [0.3, 0.4) is 0 Å². The molecule has 1 heterocycles. The van der Waals surface area contributed by atoms with E-state index in [0.717, 1.165) is 24.5 Å². The third-order valence-electron chi connectivity index (χ3n) is 2.80. The number of para-hydroxylation sites is 1. The van der Waals surface area contributed by atoms with Crippen LogP contribution in [0.25, 0.3) is 0 Å². The largest absolute Gasteiger partial charge is 0.496 e. The minimum atomic E-state index is 0.844. The van der Waals surface area contributed by atoms with Crippen LogP contribution < -0.4 is 10.1 Å². The molecule has 0 spiro atoms. The number of nitrogens with one attached hydrogen (secondary N) is 1. The molecule has 0 aliphatic rings. The van der Waals surface area contributed by atoms with E-state index in [9.17, 15) is 0 Å². The SMILES string of the molecule is COc1ccccc1CCNc1ccc(C)cn1. The highest BCUT2D eigenvalue weighted by atomic mass is 16.5. The molecule has 0 amide bonds. The van der Waals surface area contributed by atoms with Crippen molar-refractivity contribution >= 4 is 5.82 Å². The number of benzene rings is 1. The van der Waals surface area contributed by atoms with Crippen molar-refractivity contribution in [1.82, 2.24) is 4.98 Å². The molecule has 2 rings (SSSR count). The van der Waals surface area contributed by atoms with Crippen LogP contribution in [0, 0.1) is 6.92 Å². The first-order valence-electron chi connectivity index (χ1n) is 6.08.